The van der Waals surface area contributed by atoms with Gasteiger partial charge in [0.15, 0.2) is 0 Å². The Kier molecular flexibility index (Phi) is 7.50. The van der Waals surface area contributed by atoms with Gasteiger partial charge in [-0.15, -0.1) is 0 Å². The second kappa shape index (κ2) is 10.3. The van der Waals surface area contributed by atoms with E-state index in [1.807, 2.05) is 25.9 Å². The number of carbonyl (C=O) groups is 2. The van der Waals surface area contributed by atoms with Crippen molar-refractivity contribution in [3.8, 4) is 0 Å². The summed E-state index contributed by atoms with van der Waals surface area (Å²) in [7, 11) is 3.99. The first-order chi connectivity index (χ1) is 14.8. The van der Waals surface area contributed by atoms with Crippen molar-refractivity contribution in [3.63, 3.8) is 0 Å². The lowest BCUT2D eigenvalue weighted by Crippen LogP contribution is -2.40. The number of hydrogen-bond acceptors (Lipinski definition) is 4. The van der Waals surface area contributed by atoms with Gasteiger partial charge in [0.2, 0.25) is 5.91 Å². The summed E-state index contributed by atoms with van der Waals surface area (Å²) >= 11 is 0. The maximum absolute atomic E-state index is 12.7. The number of nitrogens with one attached hydrogen (secondary N) is 1. The highest BCUT2D eigenvalue weighted by Gasteiger charge is 2.18. The van der Waals surface area contributed by atoms with E-state index in [4.69, 9.17) is 0 Å². The molecule has 0 spiro atoms. The van der Waals surface area contributed by atoms with Crippen molar-refractivity contribution in [3.05, 3.63) is 64.1 Å². The Morgan fingerprint density at radius 1 is 1.03 bits per heavy atom. The summed E-state index contributed by atoms with van der Waals surface area (Å²) in [4.78, 5) is 41.3. The van der Waals surface area contributed by atoms with Crippen molar-refractivity contribution in [2.75, 3.05) is 32.1 Å². The van der Waals surface area contributed by atoms with E-state index in [0.717, 1.165) is 43.6 Å². The van der Waals surface area contributed by atoms with Crippen LogP contribution in [-0.4, -0.2) is 54.5 Å². The summed E-state index contributed by atoms with van der Waals surface area (Å²) in [5.41, 5.74) is 2.36. The first kappa shape index (κ1) is 22.6. The molecule has 1 atom stereocenters. The highest BCUT2D eigenvalue weighted by atomic mass is 16.2. The fourth-order valence-corrected chi connectivity index (χ4v) is 3.82. The largest absolute Gasteiger partial charge is 0.378 e. The Balaban J connectivity index is 1.61. The third-order valence-corrected chi connectivity index (χ3v) is 5.63. The van der Waals surface area contributed by atoms with Crippen molar-refractivity contribution in [1.82, 2.24) is 14.8 Å². The predicted octanol–water partition coefficient (Wildman–Crippen LogP) is 2.29. The second-order valence-corrected chi connectivity index (χ2v) is 8.46. The summed E-state index contributed by atoms with van der Waals surface area (Å²) in [6, 6.07) is 11.0. The predicted molar refractivity (Wildman–Crippen MR) is 123 cm³/mol. The van der Waals surface area contributed by atoms with E-state index >= 15 is 0 Å². The molecule has 166 valence electrons. The Labute approximate surface area is 183 Å². The minimum absolute atomic E-state index is 0.0340. The van der Waals surface area contributed by atoms with Crippen LogP contribution < -0.4 is 15.8 Å². The molecule has 1 fully saturated rings. The van der Waals surface area contributed by atoms with Crippen molar-refractivity contribution >= 4 is 17.5 Å². The van der Waals surface area contributed by atoms with Crippen LogP contribution in [0.25, 0.3) is 0 Å². The normalized spacial score (nSPS) is 14.7. The first-order valence-electron chi connectivity index (χ1n) is 10.9. The number of pyridine rings is 1. The van der Waals surface area contributed by atoms with Crippen LogP contribution >= 0.6 is 0 Å². The van der Waals surface area contributed by atoms with Gasteiger partial charge in [-0.3, -0.25) is 14.4 Å². The zero-order valence-corrected chi connectivity index (χ0v) is 18.6. The number of rotatable bonds is 7. The Hall–Kier alpha value is -3.09. The molecule has 7 nitrogen and oxygen atoms in total. The van der Waals surface area contributed by atoms with Crippen molar-refractivity contribution < 1.29 is 9.59 Å². The van der Waals surface area contributed by atoms with Gasteiger partial charge in [-0.2, -0.15) is 0 Å². The van der Waals surface area contributed by atoms with Crippen LogP contribution in [0.4, 0.5) is 5.69 Å². The van der Waals surface area contributed by atoms with Gasteiger partial charge >= 0.3 is 0 Å². The average molecular weight is 425 g/mol. The molecule has 0 bridgehead atoms. The zero-order valence-electron chi connectivity index (χ0n) is 18.6. The fraction of sp³-hybridized carbons (Fsp3) is 0.458. The fourth-order valence-electron chi connectivity index (χ4n) is 3.82. The number of benzene rings is 1. The van der Waals surface area contributed by atoms with E-state index in [2.05, 4.69) is 29.6 Å². The molecule has 1 N–H and O–H groups in total. The number of carbonyl (C=O) groups excluding carboxylic acids is 2. The molecule has 2 heterocycles. The van der Waals surface area contributed by atoms with Crippen molar-refractivity contribution in [2.24, 2.45) is 0 Å². The van der Waals surface area contributed by atoms with Gasteiger partial charge in [0, 0.05) is 51.2 Å². The molecule has 0 saturated carbocycles. The molecule has 1 aromatic carbocycles. The number of aromatic nitrogens is 1. The van der Waals surface area contributed by atoms with Crippen molar-refractivity contribution in [2.45, 2.75) is 45.2 Å². The molecular weight excluding hydrogens is 392 g/mol. The number of amides is 2. The lowest BCUT2D eigenvalue weighted by Gasteiger charge is -2.27. The topological polar surface area (TPSA) is 74.6 Å². The molecule has 2 aromatic rings. The molecule has 0 unspecified atom stereocenters. The van der Waals surface area contributed by atoms with Crippen LogP contribution in [0.1, 0.15) is 42.1 Å². The third kappa shape index (κ3) is 6.20. The summed E-state index contributed by atoms with van der Waals surface area (Å²) in [5.74, 6) is -0.328. The summed E-state index contributed by atoms with van der Waals surface area (Å²) in [6.07, 6.45) is 5.32. The molecule has 2 amide bonds. The lowest BCUT2D eigenvalue weighted by molar-refractivity contribution is -0.132. The van der Waals surface area contributed by atoms with Gasteiger partial charge in [0.25, 0.3) is 11.5 Å². The molecule has 1 aromatic heterocycles. The number of hydrogen-bond donors (Lipinski definition) is 1. The molecule has 0 radical (unpaired) electrons. The molecule has 7 heteroatoms. The number of anilines is 1. The van der Waals surface area contributed by atoms with Gasteiger partial charge in [-0.05, 0) is 56.4 Å². The van der Waals surface area contributed by atoms with Gasteiger partial charge in [-0.25, -0.2) is 0 Å². The third-order valence-electron chi connectivity index (χ3n) is 5.63. The number of likely N-dealkylation sites (tertiary alicyclic amines) is 1. The average Bonchev–Trinajstić information content (AvgIpc) is 2.76. The summed E-state index contributed by atoms with van der Waals surface area (Å²) in [5, 5.41) is 2.99. The van der Waals surface area contributed by atoms with Crippen LogP contribution in [0.2, 0.25) is 0 Å². The Bertz CT molecular complexity index is 960. The molecule has 1 saturated heterocycles. The van der Waals surface area contributed by atoms with Crippen LogP contribution in [0, 0.1) is 0 Å². The maximum atomic E-state index is 12.7. The zero-order chi connectivity index (χ0) is 22.4. The highest BCUT2D eigenvalue weighted by Crippen LogP contribution is 2.14. The molecule has 3 rings (SSSR count). The standard InChI is InChI=1S/C24H32N4O3/c1-18(15-19-7-10-21(11-8-19)26(2)3)25-24(31)20-9-12-22(29)28(16-20)17-23(30)27-13-5-4-6-14-27/h7-12,16,18H,4-6,13-15,17H2,1-3H3,(H,25,31)/t18-/m1/s1. The minimum Gasteiger partial charge on any atom is -0.378 e. The highest BCUT2D eigenvalue weighted by molar-refractivity contribution is 5.94. The summed E-state index contributed by atoms with van der Waals surface area (Å²) < 4.78 is 1.33. The maximum Gasteiger partial charge on any atom is 0.252 e. The van der Waals surface area contributed by atoms with Gasteiger partial charge in [-0.1, -0.05) is 12.1 Å². The molecule has 0 aliphatic carbocycles. The van der Waals surface area contributed by atoms with Crippen LogP contribution in [0.5, 0.6) is 0 Å². The first-order valence-corrected chi connectivity index (χ1v) is 10.9. The minimum atomic E-state index is -0.282. The van der Waals surface area contributed by atoms with E-state index in [-0.39, 0.29) is 30.0 Å². The summed E-state index contributed by atoms with van der Waals surface area (Å²) in [6.45, 7) is 3.39. The van der Waals surface area contributed by atoms with E-state index in [1.54, 1.807) is 4.90 Å². The van der Waals surface area contributed by atoms with Gasteiger partial charge in [0.05, 0.1) is 5.56 Å². The SMILES string of the molecule is C[C@H](Cc1ccc(N(C)C)cc1)NC(=O)c1ccc(=O)n(CC(=O)N2CCCCC2)c1. The second-order valence-electron chi connectivity index (χ2n) is 8.46. The molecule has 31 heavy (non-hydrogen) atoms. The van der Waals surface area contributed by atoms with Crippen LogP contribution in [0.15, 0.2) is 47.4 Å². The van der Waals surface area contributed by atoms with E-state index in [1.165, 1.54) is 22.9 Å². The van der Waals surface area contributed by atoms with Crippen LogP contribution in [-0.2, 0) is 17.8 Å². The molecular formula is C24H32N4O3. The van der Waals surface area contributed by atoms with Gasteiger partial charge in [0.1, 0.15) is 6.54 Å². The lowest BCUT2D eigenvalue weighted by atomic mass is 10.1. The number of piperidine rings is 1. The Morgan fingerprint density at radius 3 is 2.35 bits per heavy atom. The van der Waals surface area contributed by atoms with Crippen molar-refractivity contribution in [1.29, 1.82) is 0 Å². The van der Waals surface area contributed by atoms with E-state index < -0.39 is 0 Å². The quantitative estimate of drug-likeness (QED) is 0.740. The van der Waals surface area contributed by atoms with E-state index in [0.29, 0.717) is 12.0 Å². The van der Waals surface area contributed by atoms with Crippen LogP contribution in [0.3, 0.4) is 0 Å². The smallest absolute Gasteiger partial charge is 0.252 e. The monoisotopic (exact) mass is 424 g/mol. The molecule has 1 aliphatic heterocycles. The molecule has 1 aliphatic rings. The van der Waals surface area contributed by atoms with Gasteiger partial charge < -0.3 is 19.7 Å². The Morgan fingerprint density at radius 2 is 1.71 bits per heavy atom. The van der Waals surface area contributed by atoms with E-state index in [9.17, 15) is 14.4 Å². The number of nitrogens with zero attached hydrogens (tertiary/aromatic N) is 3.